The van der Waals surface area contributed by atoms with Crippen molar-refractivity contribution in [2.24, 2.45) is 28.3 Å². The Balaban J connectivity index is 0. The van der Waals surface area contributed by atoms with E-state index in [0.29, 0.717) is 26.1 Å². The van der Waals surface area contributed by atoms with Crippen molar-refractivity contribution in [1.29, 1.82) is 0 Å². The normalized spacial score (nSPS) is 11.8. The quantitative estimate of drug-likeness (QED) is 0.0203. The number of ether oxygens (including phenoxy) is 2. The number of rotatable bonds is 42. The third-order valence-corrected chi connectivity index (χ3v) is 11.0. The lowest BCUT2D eigenvalue weighted by molar-refractivity contribution is -0.150. The van der Waals surface area contributed by atoms with Gasteiger partial charge in [0.2, 0.25) is 11.8 Å². The van der Waals surface area contributed by atoms with E-state index in [2.05, 4.69) is 43.3 Å². The number of nitrogens with two attached hydrogens (primary N) is 2. The van der Waals surface area contributed by atoms with Crippen LogP contribution in [0.25, 0.3) is 0 Å². The lowest BCUT2D eigenvalue weighted by atomic mass is 9.94. The molecule has 0 aromatic carbocycles. The number of hydrogen-bond acceptors (Lipinski definition) is 7. The van der Waals surface area contributed by atoms with Gasteiger partial charge in [0.15, 0.2) is 5.96 Å². The summed E-state index contributed by atoms with van der Waals surface area (Å²) in [6.45, 7) is 12.7. The summed E-state index contributed by atoms with van der Waals surface area (Å²) in [5, 5.41) is 5.57. The van der Waals surface area contributed by atoms with Gasteiger partial charge in [0, 0.05) is 19.5 Å². The minimum Gasteiger partial charge on any atom is -0.465 e. The Bertz CT molecular complexity index is 1020. The highest BCUT2D eigenvalue weighted by atomic mass is 16.5. The Kier molecular flexibility index (Phi) is 46.6. The van der Waals surface area contributed by atoms with Gasteiger partial charge in [0.25, 0.3) is 0 Å². The summed E-state index contributed by atoms with van der Waals surface area (Å²) < 4.78 is 11.3. The largest absolute Gasteiger partial charge is 0.465 e. The second-order valence-electron chi connectivity index (χ2n) is 16.8. The van der Waals surface area contributed by atoms with E-state index in [9.17, 15) is 19.2 Å². The average molecular weight is 852 g/mol. The molecule has 0 aromatic heterocycles. The summed E-state index contributed by atoms with van der Waals surface area (Å²) in [7, 11) is 0. The van der Waals surface area contributed by atoms with E-state index in [-0.39, 0.29) is 61.1 Å². The van der Waals surface area contributed by atoms with Crippen molar-refractivity contribution < 1.29 is 28.7 Å². The molecular formula is C49H97N5O6. The molecule has 11 nitrogen and oxygen atoms in total. The molecule has 0 aliphatic carbocycles. The first-order valence-electron chi connectivity index (χ1n) is 25.1. The summed E-state index contributed by atoms with van der Waals surface area (Å²) in [5.41, 5.74) is 9.86. The molecule has 0 fully saturated rings. The first-order valence-corrected chi connectivity index (χ1v) is 25.1. The van der Waals surface area contributed by atoms with Crippen LogP contribution in [0.15, 0.2) is 4.99 Å². The maximum atomic E-state index is 12.8. The molecular weight excluding hydrogens is 755 g/mol. The van der Waals surface area contributed by atoms with Gasteiger partial charge >= 0.3 is 11.9 Å². The van der Waals surface area contributed by atoms with Crippen LogP contribution >= 0.6 is 0 Å². The smallest absolute Gasteiger partial charge is 0.308 e. The van der Waals surface area contributed by atoms with Gasteiger partial charge in [-0.2, -0.15) is 0 Å². The zero-order chi connectivity index (χ0) is 44.7. The zero-order valence-corrected chi connectivity index (χ0v) is 39.9. The molecule has 0 spiro atoms. The topological polar surface area (TPSA) is 175 Å². The van der Waals surface area contributed by atoms with E-state index in [1.807, 2.05) is 6.92 Å². The van der Waals surface area contributed by atoms with Gasteiger partial charge in [-0.05, 0) is 51.9 Å². The highest BCUT2D eigenvalue weighted by Gasteiger charge is 2.20. The maximum Gasteiger partial charge on any atom is 0.308 e. The third-order valence-electron chi connectivity index (χ3n) is 11.0. The predicted molar refractivity (Wildman–Crippen MR) is 252 cm³/mol. The van der Waals surface area contributed by atoms with E-state index in [1.165, 1.54) is 96.3 Å². The number of aliphatic imine (C=N–C) groups is 1. The van der Waals surface area contributed by atoms with Crippen LogP contribution in [0.1, 0.15) is 240 Å². The molecule has 2 unspecified atom stereocenters. The van der Waals surface area contributed by atoms with Crippen LogP contribution in [0.2, 0.25) is 0 Å². The molecule has 0 rings (SSSR count). The number of hydrogen-bond donors (Lipinski definition) is 4. The van der Waals surface area contributed by atoms with Crippen molar-refractivity contribution in [1.82, 2.24) is 10.6 Å². The fourth-order valence-corrected chi connectivity index (χ4v) is 7.23. The van der Waals surface area contributed by atoms with Crippen molar-refractivity contribution in [2.45, 2.75) is 240 Å². The van der Waals surface area contributed by atoms with Crippen molar-refractivity contribution in [3.8, 4) is 0 Å². The summed E-state index contributed by atoms with van der Waals surface area (Å²) in [5.74, 6) is -0.288. The van der Waals surface area contributed by atoms with Gasteiger partial charge in [-0.3, -0.25) is 24.2 Å². The molecule has 0 aliphatic heterocycles. The summed E-state index contributed by atoms with van der Waals surface area (Å²) >= 11 is 0. The molecule has 2 amide bonds. The van der Waals surface area contributed by atoms with E-state index < -0.39 is 0 Å². The third kappa shape index (κ3) is 43.2. The first-order chi connectivity index (χ1) is 29.2. The van der Waals surface area contributed by atoms with E-state index in [0.717, 1.165) is 96.3 Å². The number of guanidine groups is 1. The number of carbonyl (C=O) groups excluding carboxylic acids is 4. The molecule has 0 aliphatic rings. The highest BCUT2D eigenvalue weighted by Crippen LogP contribution is 2.22. The average Bonchev–Trinajstić information content (AvgIpc) is 3.23. The monoisotopic (exact) mass is 852 g/mol. The standard InChI is InChI=1S/C46H88N2O6.C3H9N3/c1-5-9-13-17-21-27-34-41(32-25-15-11-7-3)45(51)53-38-30-24-20-19-23-29-37-47-44(50)40-48-43(49)36-31-39-54-46(52)42(33-26-16-12-8-4)35-28-22-18-14-10-6-2;1-2-6-3(4)5/h41-42H,5-40H2,1-4H3,(H,47,50)(H,48,49);2H2,1H3,(H4,4,5,6). The summed E-state index contributed by atoms with van der Waals surface area (Å²) in [6.07, 6.45) is 34.6. The fraction of sp³-hybridized carbons (Fsp3) is 0.898. The number of unbranched alkanes of at least 4 members (excludes halogenated alkanes) is 21. The number of nitrogens with zero attached hydrogens (tertiary/aromatic N) is 1. The Morgan fingerprint density at radius 3 is 1.22 bits per heavy atom. The van der Waals surface area contributed by atoms with Crippen LogP contribution in [0, 0.1) is 11.8 Å². The Labute approximate surface area is 369 Å². The predicted octanol–water partition coefficient (Wildman–Crippen LogP) is 11.4. The molecule has 11 heteroatoms. The minimum atomic E-state index is -0.199. The van der Waals surface area contributed by atoms with Crippen LogP contribution in [-0.2, 0) is 28.7 Å². The van der Waals surface area contributed by atoms with Crippen molar-refractivity contribution in [2.75, 3.05) is 32.8 Å². The molecule has 60 heavy (non-hydrogen) atoms. The molecule has 0 aromatic rings. The lowest BCUT2D eigenvalue weighted by Crippen LogP contribution is -2.37. The zero-order valence-electron chi connectivity index (χ0n) is 39.9. The first kappa shape index (κ1) is 59.2. The number of nitrogens with one attached hydrogen (secondary N) is 2. The van der Waals surface area contributed by atoms with Gasteiger partial charge in [0.05, 0.1) is 31.6 Å². The summed E-state index contributed by atoms with van der Waals surface area (Å²) in [4.78, 5) is 53.7. The second kappa shape index (κ2) is 47.2. The lowest BCUT2D eigenvalue weighted by Gasteiger charge is -2.16. The van der Waals surface area contributed by atoms with E-state index >= 15 is 0 Å². The number of amides is 2. The SMILES string of the molecule is CCCCCCCCC(CCCCCC)C(=O)OCCCCCCCCNC(=O)CNC(=O)CCCOC(=O)C(CCCCCC)CCCCCCCC.CCN=C(N)N. The molecule has 0 saturated carbocycles. The fourth-order valence-electron chi connectivity index (χ4n) is 7.23. The van der Waals surface area contributed by atoms with Gasteiger partial charge in [-0.15, -0.1) is 0 Å². The summed E-state index contributed by atoms with van der Waals surface area (Å²) in [6, 6.07) is 0. The molecule has 0 heterocycles. The van der Waals surface area contributed by atoms with Crippen LogP contribution in [0.3, 0.4) is 0 Å². The molecule has 0 radical (unpaired) electrons. The molecule has 6 N–H and O–H groups in total. The molecule has 354 valence electrons. The van der Waals surface area contributed by atoms with Gasteiger partial charge in [0.1, 0.15) is 0 Å². The van der Waals surface area contributed by atoms with Crippen LogP contribution in [0.4, 0.5) is 0 Å². The van der Waals surface area contributed by atoms with Crippen molar-refractivity contribution in [3.05, 3.63) is 0 Å². The Hall–Kier alpha value is -2.85. The van der Waals surface area contributed by atoms with Gasteiger partial charge in [-0.1, -0.05) is 182 Å². The van der Waals surface area contributed by atoms with E-state index in [4.69, 9.17) is 20.9 Å². The molecule has 0 saturated heterocycles. The van der Waals surface area contributed by atoms with Crippen molar-refractivity contribution in [3.63, 3.8) is 0 Å². The van der Waals surface area contributed by atoms with E-state index in [1.54, 1.807) is 0 Å². The Morgan fingerprint density at radius 1 is 0.450 bits per heavy atom. The maximum absolute atomic E-state index is 12.8. The van der Waals surface area contributed by atoms with Crippen LogP contribution < -0.4 is 22.1 Å². The number of esters is 2. The second-order valence-corrected chi connectivity index (χ2v) is 16.8. The van der Waals surface area contributed by atoms with Gasteiger partial charge in [-0.25, -0.2) is 0 Å². The minimum absolute atomic E-state index is 0.0170. The van der Waals surface area contributed by atoms with Crippen LogP contribution in [0.5, 0.6) is 0 Å². The van der Waals surface area contributed by atoms with Crippen molar-refractivity contribution >= 4 is 29.7 Å². The molecule has 0 bridgehead atoms. The van der Waals surface area contributed by atoms with Gasteiger partial charge < -0.3 is 31.6 Å². The van der Waals surface area contributed by atoms with Crippen LogP contribution in [-0.4, -0.2) is 62.6 Å². The Morgan fingerprint density at radius 2 is 0.817 bits per heavy atom. The number of carbonyl (C=O) groups is 4. The molecule has 2 atom stereocenters. The highest BCUT2D eigenvalue weighted by molar-refractivity contribution is 5.84.